The van der Waals surface area contributed by atoms with Crippen LogP contribution in [0.1, 0.15) is 77.0 Å². The van der Waals surface area contributed by atoms with E-state index in [4.69, 9.17) is 13.9 Å². The summed E-state index contributed by atoms with van der Waals surface area (Å²) in [5.41, 5.74) is 2.90. The van der Waals surface area contributed by atoms with Crippen molar-refractivity contribution in [2.45, 2.75) is 71.1 Å². The second kappa shape index (κ2) is 5.94. The molecule has 1 unspecified atom stereocenters. The Bertz CT molecular complexity index is 832. The van der Waals surface area contributed by atoms with E-state index in [1.807, 2.05) is 6.07 Å². The van der Waals surface area contributed by atoms with Gasteiger partial charge in [0.05, 0.1) is 14.2 Å². The van der Waals surface area contributed by atoms with Crippen molar-refractivity contribution in [1.29, 1.82) is 0 Å². The quantitative estimate of drug-likeness (QED) is 0.621. The molecule has 1 aromatic heterocycles. The highest BCUT2D eigenvalue weighted by atomic mass is 16.5. The Labute approximate surface area is 157 Å². The third-order valence-electron chi connectivity index (χ3n) is 7.36. The van der Waals surface area contributed by atoms with Gasteiger partial charge < -0.3 is 13.9 Å². The van der Waals surface area contributed by atoms with Crippen LogP contribution in [0.25, 0.3) is 11.0 Å². The van der Waals surface area contributed by atoms with Crippen LogP contribution in [0.15, 0.2) is 16.5 Å². The van der Waals surface area contributed by atoms with Crippen molar-refractivity contribution >= 4 is 11.0 Å². The van der Waals surface area contributed by atoms with E-state index in [0.717, 1.165) is 17.1 Å². The molecule has 3 nitrogen and oxygen atoms in total. The fourth-order valence-corrected chi connectivity index (χ4v) is 6.06. The van der Waals surface area contributed by atoms with Crippen LogP contribution < -0.4 is 9.47 Å². The summed E-state index contributed by atoms with van der Waals surface area (Å²) >= 11 is 0. The second-order valence-electron chi connectivity index (χ2n) is 9.34. The first-order valence-corrected chi connectivity index (χ1v) is 10.0. The highest BCUT2D eigenvalue weighted by Crippen LogP contribution is 2.59. The molecule has 0 amide bonds. The summed E-state index contributed by atoms with van der Waals surface area (Å²) in [6, 6.07) is 4.14. The van der Waals surface area contributed by atoms with Gasteiger partial charge in [0.25, 0.3) is 0 Å². The lowest BCUT2D eigenvalue weighted by Gasteiger charge is -2.50. The molecule has 1 fully saturated rings. The Balaban J connectivity index is 2.01. The molecule has 1 heterocycles. The molecule has 4 rings (SSSR count). The van der Waals surface area contributed by atoms with E-state index in [1.54, 1.807) is 14.2 Å². The van der Waals surface area contributed by atoms with Gasteiger partial charge in [-0.15, -0.1) is 0 Å². The third kappa shape index (κ3) is 2.39. The average molecular weight is 357 g/mol. The highest BCUT2D eigenvalue weighted by molar-refractivity contribution is 5.87. The summed E-state index contributed by atoms with van der Waals surface area (Å²) in [4.78, 5) is 0. The van der Waals surface area contributed by atoms with Crippen molar-refractivity contribution in [2.24, 2.45) is 11.3 Å². The first kappa shape index (κ1) is 17.8. The molecule has 26 heavy (non-hydrogen) atoms. The molecule has 0 N–H and O–H groups in total. The van der Waals surface area contributed by atoms with Crippen LogP contribution in [0.3, 0.4) is 0 Å². The molecule has 2 aliphatic carbocycles. The maximum atomic E-state index is 6.47. The Morgan fingerprint density at radius 2 is 1.69 bits per heavy atom. The van der Waals surface area contributed by atoms with Gasteiger partial charge in [-0.25, -0.2) is 0 Å². The lowest BCUT2D eigenvalue weighted by atomic mass is 9.53. The van der Waals surface area contributed by atoms with Gasteiger partial charge in [0.2, 0.25) is 0 Å². The first-order valence-electron chi connectivity index (χ1n) is 10.0. The minimum Gasteiger partial charge on any atom is -0.493 e. The maximum absolute atomic E-state index is 6.47. The number of ether oxygens (including phenoxy) is 2. The van der Waals surface area contributed by atoms with E-state index >= 15 is 0 Å². The topological polar surface area (TPSA) is 31.6 Å². The summed E-state index contributed by atoms with van der Waals surface area (Å²) in [6.45, 7) is 9.75. The lowest BCUT2D eigenvalue weighted by molar-refractivity contribution is 0.0504. The monoisotopic (exact) mass is 356 g/mol. The van der Waals surface area contributed by atoms with Crippen molar-refractivity contribution in [3.8, 4) is 11.5 Å². The van der Waals surface area contributed by atoms with E-state index in [2.05, 4.69) is 33.8 Å². The number of fused-ring (bicyclic) bond motifs is 5. The van der Waals surface area contributed by atoms with Crippen LogP contribution in [0, 0.1) is 11.3 Å². The fourth-order valence-electron chi connectivity index (χ4n) is 6.06. The molecular formula is C23H32O3. The number of benzene rings is 1. The van der Waals surface area contributed by atoms with Crippen molar-refractivity contribution in [3.63, 3.8) is 0 Å². The zero-order valence-electron chi connectivity index (χ0n) is 17.1. The highest BCUT2D eigenvalue weighted by Gasteiger charge is 2.51. The minimum atomic E-state index is 0.159. The number of furan rings is 1. The predicted octanol–water partition coefficient (Wildman–Crippen LogP) is 6.43. The molecule has 0 saturated heterocycles. The molecule has 3 heteroatoms. The Hall–Kier alpha value is -1.64. The van der Waals surface area contributed by atoms with Crippen LogP contribution in [0.2, 0.25) is 0 Å². The summed E-state index contributed by atoms with van der Waals surface area (Å²) < 4.78 is 17.6. The Morgan fingerprint density at radius 3 is 2.38 bits per heavy atom. The zero-order valence-corrected chi connectivity index (χ0v) is 17.1. The number of rotatable bonds is 2. The van der Waals surface area contributed by atoms with E-state index in [1.165, 1.54) is 48.8 Å². The standard InChI is InChI=1S/C23H32O3/c1-14-8-9-19-22(2,3)10-7-11-23(19,4)20-15-12-17(24-5)18(25-6)13-16(15)26-21(14)20/h12-14,19H,7-11H2,1-6H3/t14-,19+,23?/m1/s1. The van der Waals surface area contributed by atoms with E-state index in [0.29, 0.717) is 17.3 Å². The van der Waals surface area contributed by atoms with Crippen molar-refractivity contribution in [1.82, 2.24) is 0 Å². The maximum Gasteiger partial charge on any atom is 0.164 e. The molecule has 1 saturated carbocycles. The Morgan fingerprint density at radius 1 is 1.00 bits per heavy atom. The molecule has 142 valence electrons. The predicted molar refractivity (Wildman–Crippen MR) is 105 cm³/mol. The van der Waals surface area contributed by atoms with Gasteiger partial charge in [-0.05, 0) is 48.5 Å². The molecule has 0 bridgehead atoms. The van der Waals surface area contributed by atoms with Crippen LogP contribution in [-0.2, 0) is 5.41 Å². The molecule has 3 atom stereocenters. The molecule has 2 aromatic rings. The second-order valence-corrected chi connectivity index (χ2v) is 9.34. The molecule has 1 aromatic carbocycles. The van der Waals surface area contributed by atoms with Crippen LogP contribution >= 0.6 is 0 Å². The van der Waals surface area contributed by atoms with E-state index in [-0.39, 0.29) is 5.41 Å². The summed E-state index contributed by atoms with van der Waals surface area (Å²) in [5, 5.41) is 1.22. The van der Waals surface area contributed by atoms with Crippen LogP contribution in [-0.4, -0.2) is 14.2 Å². The number of methoxy groups -OCH3 is 2. The van der Waals surface area contributed by atoms with Gasteiger partial charge in [-0.3, -0.25) is 0 Å². The summed E-state index contributed by atoms with van der Waals surface area (Å²) in [5.74, 6) is 3.85. The van der Waals surface area contributed by atoms with Gasteiger partial charge in [0, 0.05) is 22.9 Å². The van der Waals surface area contributed by atoms with Crippen LogP contribution in [0.4, 0.5) is 0 Å². The molecule has 2 aliphatic rings. The fraction of sp³-hybridized carbons (Fsp3) is 0.652. The largest absolute Gasteiger partial charge is 0.493 e. The normalized spacial score (nSPS) is 30.4. The smallest absolute Gasteiger partial charge is 0.164 e. The number of hydrogen-bond donors (Lipinski definition) is 0. The summed E-state index contributed by atoms with van der Waals surface area (Å²) in [6.07, 6.45) is 6.33. The third-order valence-corrected chi connectivity index (χ3v) is 7.36. The first-order chi connectivity index (χ1) is 12.3. The molecule has 0 aliphatic heterocycles. The Kier molecular flexibility index (Phi) is 4.05. The van der Waals surface area contributed by atoms with Gasteiger partial charge in [-0.2, -0.15) is 0 Å². The van der Waals surface area contributed by atoms with Gasteiger partial charge in [-0.1, -0.05) is 34.1 Å². The lowest BCUT2D eigenvalue weighted by Crippen LogP contribution is -2.44. The average Bonchev–Trinajstić information content (AvgIpc) is 2.93. The molecular weight excluding hydrogens is 324 g/mol. The van der Waals surface area contributed by atoms with Crippen molar-refractivity contribution in [3.05, 3.63) is 23.5 Å². The van der Waals surface area contributed by atoms with Crippen molar-refractivity contribution in [2.75, 3.05) is 14.2 Å². The van der Waals surface area contributed by atoms with Gasteiger partial charge >= 0.3 is 0 Å². The zero-order chi connectivity index (χ0) is 18.7. The van der Waals surface area contributed by atoms with Crippen molar-refractivity contribution < 1.29 is 13.9 Å². The van der Waals surface area contributed by atoms with Gasteiger partial charge in [0.1, 0.15) is 11.3 Å². The number of hydrogen-bond acceptors (Lipinski definition) is 3. The molecule has 0 radical (unpaired) electrons. The van der Waals surface area contributed by atoms with E-state index in [9.17, 15) is 0 Å². The van der Waals surface area contributed by atoms with Crippen LogP contribution in [0.5, 0.6) is 11.5 Å². The van der Waals surface area contributed by atoms with Gasteiger partial charge in [0.15, 0.2) is 11.5 Å². The SMILES string of the molecule is COc1cc2oc3c(c2cc1OC)C1(C)CCCC(C)(C)[C@@H]1CC[C@H]3C. The van der Waals surface area contributed by atoms with E-state index < -0.39 is 0 Å². The minimum absolute atomic E-state index is 0.159. The summed E-state index contributed by atoms with van der Waals surface area (Å²) in [7, 11) is 3.39. The molecule has 0 spiro atoms.